The molecule has 39 nitrogen and oxygen atoms in total. The summed E-state index contributed by atoms with van der Waals surface area (Å²) in [6.07, 6.45) is 9.45. The van der Waals surface area contributed by atoms with E-state index in [4.69, 9.17) is 46.0 Å². The van der Waals surface area contributed by atoms with Crippen LogP contribution in [0.4, 0.5) is 35.7 Å². The fourth-order valence-corrected chi connectivity index (χ4v) is 11.7. The number of aromatic amines is 6. The molecule has 0 amide bonds. The van der Waals surface area contributed by atoms with Crippen LogP contribution < -0.4 is 45.4 Å². The summed E-state index contributed by atoms with van der Waals surface area (Å²) >= 11 is 0. The summed E-state index contributed by atoms with van der Waals surface area (Å²) in [4.78, 5) is 71.5. The van der Waals surface area contributed by atoms with Gasteiger partial charge in [0.15, 0.2) is 0 Å². The average Bonchev–Trinajstić information content (AvgIpc) is 1.82. The molecule has 15 aromatic rings. The molecule has 125 heavy (non-hydrogen) atoms. The van der Waals surface area contributed by atoms with Crippen molar-refractivity contribution in [2.24, 2.45) is 30.6 Å². The Morgan fingerprint density at radius 2 is 0.400 bits per heavy atom. The minimum atomic E-state index is -1.75. The molecule has 2 radical (unpaired) electrons. The third-order valence-corrected chi connectivity index (χ3v) is 18.4. The number of fused-ring (bicyclic) bond motifs is 6. The predicted molar refractivity (Wildman–Crippen MR) is 477 cm³/mol. The monoisotopic (exact) mass is 2000 g/mol. The van der Waals surface area contributed by atoms with Gasteiger partial charge in [-0.1, -0.05) is 189 Å². The molecule has 6 heterocycles. The second kappa shape index (κ2) is 42.8. The molecule has 9 aromatic carbocycles. The van der Waals surface area contributed by atoms with Crippen LogP contribution in [0, 0.1) is 121 Å². The molecule has 0 aliphatic heterocycles. The van der Waals surface area contributed by atoms with Crippen molar-refractivity contribution in [2.45, 2.75) is 78.6 Å². The zero-order valence-electron chi connectivity index (χ0n) is 70.2. The van der Waals surface area contributed by atoms with Crippen LogP contribution in [0.2, 0.25) is 0 Å². The maximum atomic E-state index is 13.4. The van der Waals surface area contributed by atoms with E-state index in [1.165, 1.54) is 0 Å². The Morgan fingerprint density at radius 3 is 0.520 bits per heavy atom. The van der Waals surface area contributed by atoms with Gasteiger partial charge in [0, 0.05) is 42.3 Å². The van der Waals surface area contributed by atoms with Crippen LogP contribution in [0.25, 0.3) is 66.2 Å². The Balaban J connectivity index is 0.000000216. The zero-order chi connectivity index (χ0) is 89.2. The molecule has 0 unspecified atom stereocenters. The first kappa shape index (κ1) is 96.6. The summed E-state index contributed by atoms with van der Waals surface area (Å²) in [6, 6.07) is 58.0. The molecule has 0 saturated heterocycles. The van der Waals surface area contributed by atoms with E-state index >= 15 is 0 Å². The Labute approximate surface area is 774 Å². The van der Waals surface area contributed by atoms with E-state index in [1.807, 2.05) is 182 Å². The standard InChI is InChI=1S/3C28H30N8O.2Er.3NO3/c3*1-28(2,3)20-14-18(16-29-35(4)26-31-21-10-6-7-11-22(21)32-26)25(37)19(15-20)17-30-36(5)27-33-23-12-8-9-13-24(23)34-27;;;3*2-1(3)4/h3*6-17,37H,1-5H3,(H,31,32)(H,33,34);;;;;/q;;;2*+3;3*-1/p-3/b3*29-16+,30-17+;;;;;. The van der Waals surface area contributed by atoms with E-state index in [0.717, 1.165) is 82.9 Å². The summed E-state index contributed by atoms with van der Waals surface area (Å²) < 4.78 is 0. The Bertz CT molecular complexity index is 5280. The summed E-state index contributed by atoms with van der Waals surface area (Å²) in [5.74, 6) is 3.07. The average molecular weight is 2000 g/mol. The number of hydrazone groups is 6. The summed E-state index contributed by atoms with van der Waals surface area (Å²) in [7, 11) is 10.7. The molecule has 0 aliphatic carbocycles. The summed E-state index contributed by atoms with van der Waals surface area (Å²) in [5.41, 5.74) is 16.0. The fourth-order valence-electron chi connectivity index (χ4n) is 11.7. The summed E-state index contributed by atoms with van der Waals surface area (Å²) in [5, 5.41) is 121. The minimum absolute atomic E-state index is 0. The molecule has 0 atom stereocenters. The third kappa shape index (κ3) is 26.6. The number of nitrogens with one attached hydrogen (secondary N) is 6. The quantitative estimate of drug-likeness (QED) is 0.0264. The van der Waals surface area contributed by atoms with Crippen LogP contribution in [-0.2, 0) is 16.2 Å². The normalized spacial score (nSPS) is 11.5. The van der Waals surface area contributed by atoms with Crippen molar-refractivity contribution in [1.29, 1.82) is 0 Å². The van der Waals surface area contributed by atoms with Crippen LogP contribution in [0.15, 0.2) is 213 Å². The van der Waals surface area contributed by atoms with E-state index in [0.29, 0.717) is 69.1 Å². The van der Waals surface area contributed by atoms with Crippen molar-refractivity contribution in [2.75, 3.05) is 72.3 Å². The van der Waals surface area contributed by atoms with E-state index < -0.39 is 15.3 Å². The second-order valence-electron chi connectivity index (χ2n) is 30.4. The first-order chi connectivity index (χ1) is 58.3. The van der Waals surface area contributed by atoms with E-state index in [-0.39, 0.29) is 108 Å². The number of hydrogen-bond acceptors (Lipinski definition) is 30. The van der Waals surface area contributed by atoms with Crippen LogP contribution in [-0.4, -0.2) is 155 Å². The molecular weight excluding hydrogens is 1910 g/mol. The first-order valence-corrected chi connectivity index (χ1v) is 37.6. The number of anilines is 6. The first-order valence-electron chi connectivity index (χ1n) is 37.6. The van der Waals surface area contributed by atoms with Crippen molar-refractivity contribution in [3.63, 3.8) is 0 Å². The van der Waals surface area contributed by atoms with Crippen molar-refractivity contribution in [3.8, 4) is 17.2 Å². The van der Waals surface area contributed by atoms with Gasteiger partial charge in [-0.25, -0.2) is 60.0 Å². The molecule has 6 aromatic heterocycles. The molecule has 0 saturated carbocycles. The van der Waals surface area contributed by atoms with Crippen molar-refractivity contribution in [3.05, 3.63) is 278 Å². The topological polar surface area (TPSA) is 533 Å². The van der Waals surface area contributed by atoms with Gasteiger partial charge in [0.05, 0.1) is 119 Å². The van der Waals surface area contributed by atoms with E-state index in [9.17, 15) is 15.3 Å². The van der Waals surface area contributed by atoms with Crippen molar-refractivity contribution in [1.82, 2.24) is 59.8 Å². The number of para-hydroxylation sites is 12. The fraction of sp³-hybridized carbons (Fsp3) is 0.214. The second-order valence-corrected chi connectivity index (χ2v) is 30.4. The molecule has 0 aliphatic rings. The number of aromatic nitrogens is 12. The predicted octanol–water partition coefficient (Wildman–Crippen LogP) is 13.5. The maximum Gasteiger partial charge on any atom is 3.00 e. The third-order valence-electron chi connectivity index (χ3n) is 18.4. The smallest absolute Gasteiger partial charge is 0.872 e. The number of H-pyrrole nitrogens is 6. The van der Waals surface area contributed by atoms with Crippen LogP contribution in [0.1, 0.15) is 112 Å². The molecule has 41 heteroatoms. The van der Waals surface area contributed by atoms with Gasteiger partial charge in [0.1, 0.15) is 0 Å². The minimum Gasteiger partial charge on any atom is -0.872 e. The SMILES string of the molecule is CN(/N=C/c1cc(C(C)(C)C)cc(/C=N/N(C)c2nc3ccccc3[nH]2)c1[O-])c1nc2ccccc2[nH]1.CN(/N=C/c1cc(C(C)(C)C)cc(/C=N/N(C)c2nc3ccccc3[nH]2)c1[O-])c1nc2ccccc2[nH]1.CN(/N=C/c1cc(C(C)(C)C)cc(/C=N/N(C)c2nc3ccccc3[nH]2)c1[O-])c1nc2ccccc2[nH]1.O=[N+]([O-])[O-].O=[N+]([O-])[O-].O=[N+]([O-])[O-].[Er+3].[Er+3]. The van der Waals surface area contributed by atoms with Gasteiger partial charge < -0.3 is 91.2 Å². The number of rotatable bonds is 18. The largest absolute Gasteiger partial charge is 3.00 e. The number of hydrogen-bond donors (Lipinski definition) is 6. The van der Waals surface area contributed by atoms with Crippen LogP contribution in [0.5, 0.6) is 17.2 Å². The number of imidazole rings is 6. The molecule has 0 spiro atoms. The molecule has 0 fully saturated rings. The van der Waals surface area contributed by atoms with E-state index in [2.05, 4.69) is 153 Å². The van der Waals surface area contributed by atoms with Crippen molar-refractivity contribution >= 4 is 139 Å². The summed E-state index contributed by atoms with van der Waals surface area (Å²) in [6.45, 7) is 19.0. The molecule has 15 rings (SSSR count). The van der Waals surface area contributed by atoms with Gasteiger partial charge >= 0.3 is 74.6 Å². The molecular formula is C84H87Er2N27O12. The van der Waals surface area contributed by atoms with Gasteiger partial charge in [0.25, 0.3) is 0 Å². The maximum absolute atomic E-state index is 13.4. The van der Waals surface area contributed by atoms with Crippen molar-refractivity contribution < 1.29 is 105 Å². The zero-order valence-corrected chi connectivity index (χ0v) is 73.9. The Hall–Kier alpha value is -13.9. The van der Waals surface area contributed by atoms with Gasteiger partial charge in [-0.15, -0.1) is 0 Å². The van der Waals surface area contributed by atoms with E-state index in [1.54, 1.807) is 110 Å². The van der Waals surface area contributed by atoms with Gasteiger partial charge in [-0.2, -0.15) is 30.6 Å². The number of benzene rings is 9. The Morgan fingerprint density at radius 1 is 0.272 bits per heavy atom. The van der Waals surface area contributed by atoms with Gasteiger partial charge in [0.2, 0.25) is 35.7 Å². The van der Waals surface area contributed by atoms with Gasteiger partial charge in [-0.3, -0.25) is 0 Å². The molecule has 654 valence electrons. The Kier molecular flexibility index (Phi) is 33.0. The number of nitrogens with zero attached hydrogens (tertiary/aromatic N) is 21. The van der Waals surface area contributed by atoms with Gasteiger partial charge in [-0.05, 0) is 139 Å². The molecule has 0 bridgehead atoms. The van der Waals surface area contributed by atoms with Crippen LogP contribution in [0.3, 0.4) is 0 Å². The molecule has 6 N–H and O–H groups in total. The van der Waals surface area contributed by atoms with Crippen LogP contribution >= 0.6 is 0 Å².